The van der Waals surface area contributed by atoms with Crippen LogP contribution in [0, 0.1) is 0 Å². The van der Waals surface area contributed by atoms with E-state index in [4.69, 9.17) is 5.11 Å². The minimum atomic E-state index is 0. The van der Waals surface area contributed by atoms with Crippen molar-refractivity contribution < 1.29 is 9.84 Å². The topological polar surface area (TPSA) is 32.8 Å². The number of ether oxygens (including phenoxy) is 1. The van der Waals surface area contributed by atoms with Gasteiger partial charge in [-0.05, 0) is 0 Å². The summed E-state index contributed by atoms with van der Waals surface area (Å²) >= 11 is 0. The van der Waals surface area contributed by atoms with E-state index in [1.807, 2.05) is 0 Å². The average Bonchev–Trinajstić information content (AvgIpc) is 2.12. The molecule has 36 valence electrons. The molecule has 0 aromatic carbocycles. The van der Waals surface area contributed by atoms with Crippen molar-refractivity contribution in [1.82, 2.24) is 0 Å². The summed E-state index contributed by atoms with van der Waals surface area (Å²) in [5.41, 5.74) is 0. The van der Waals surface area contributed by atoms with Crippen molar-refractivity contribution in [3.05, 3.63) is 0 Å². The zero-order valence-corrected chi connectivity index (χ0v) is 9.05. The Kier molecular flexibility index (Phi) is 3.34. The van der Waals surface area contributed by atoms with Gasteiger partial charge in [-0.25, -0.2) is 0 Å². The molecule has 1 rings (SSSR count). The molecule has 2 radical (unpaired) electrons. The van der Waals surface area contributed by atoms with Crippen LogP contribution in [0.1, 0.15) is 0 Å². The van der Waals surface area contributed by atoms with E-state index in [-0.39, 0.29) is 40.0 Å². The van der Waals surface area contributed by atoms with Gasteiger partial charge in [0, 0.05) is 0 Å². The van der Waals surface area contributed by atoms with Gasteiger partial charge in [0.15, 0.2) is 0 Å². The summed E-state index contributed by atoms with van der Waals surface area (Å²) in [6.07, 6.45) is 0.190. The fourth-order valence-corrected chi connectivity index (χ4v) is 0.173. The van der Waals surface area contributed by atoms with E-state index in [1.54, 1.807) is 0 Å². The summed E-state index contributed by atoms with van der Waals surface area (Å²) in [4.78, 5) is 0. The SMILES string of the molecule is OCC1CO1.[PbH2]. The van der Waals surface area contributed by atoms with Gasteiger partial charge in [0.2, 0.25) is 0 Å². The average molecular weight is 283 g/mol. The van der Waals surface area contributed by atoms with Gasteiger partial charge >= 0.3 is 27.3 Å². The molecule has 6 heavy (non-hydrogen) atoms. The molecule has 1 unspecified atom stereocenters. The van der Waals surface area contributed by atoms with Crippen molar-refractivity contribution in [3.8, 4) is 0 Å². The Morgan fingerprint density at radius 1 is 1.83 bits per heavy atom. The maximum atomic E-state index is 8.08. The molecule has 0 amide bonds. The van der Waals surface area contributed by atoms with Crippen molar-refractivity contribution in [3.63, 3.8) is 0 Å². The molecule has 1 aliphatic heterocycles. The fourth-order valence-electron chi connectivity index (χ4n) is 0.173. The van der Waals surface area contributed by atoms with Gasteiger partial charge in [-0.2, -0.15) is 0 Å². The molecular weight excluding hydrogens is 275 g/mol. The monoisotopic (exact) mass is 284 g/mol. The molecular formula is C3H8O2Pb. The second-order valence-electron chi connectivity index (χ2n) is 1.14. The number of aliphatic hydroxyl groups is 1. The van der Waals surface area contributed by atoms with Crippen LogP contribution in [0.15, 0.2) is 0 Å². The number of hydrogen-bond donors (Lipinski definition) is 1. The van der Waals surface area contributed by atoms with Crippen molar-refractivity contribution in [2.45, 2.75) is 6.10 Å². The zero-order valence-electron chi connectivity index (χ0n) is 3.55. The van der Waals surface area contributed by atoms with Gasteiger partial charge in [-0.1, -0.05) is 0 Å². The molecule has 1 fully saturated rings. The van der Waals surface area contributed by atoms with E-state index in [2.05, 4.69) is 4.74 Å². The Bertz CT molecular complexity index is 35.8. The molecule has 0 saturated carbocycles. The van der Waals surface area contributed by atoms with Crippen molar-refractivity contribution in [2.75, 3.05) is 13.2 Å². The first kappa shape index (κ1) is 6.84. The Balaban J connectivity index is 0.000000250. The minimum absolute atomic E-state index is 0. The quantitative estimate of drug-likeness (QED) is 0.467. The van der Waals surface area contributed by atoms with Crippen LogP contribution in [0.25, 0.3) is 0 Å². The second kappa shape index (κ2) is 2.93. The van der Waals surface area contributed by atoms with Gasteiger partial charge in [0.05, 0.1) is 13.2 Å². The van der Waals surface area contributed by atoms with Crippen molar-refractivity contribution >= 4 is 27.3 Å². The molecule has 0 aliphatic carbocycles. The van der Waals surface area contributed by atoms with Gasteiger partial charge in [-0.3, -0.25) is 0 Å². The van der Waals surface area contributed by atoms with Gasteiger partial charge in [0.25, 0.3) is 0 Å². The number of aliphatic hydroxyl groups excluding tert-OH is 1. The summed E-state index contributed by atoms with van der Waals surface area (Å²) in [6, 6.07) is 0. The molecule has 0 aromatic rings. The molecule has 1 N–H and O–H groups in total. The Morgan fingerprint density at radius 3 is 2.33 bits per heavy atom. The van der Waals surface area contributed by atoms with Gasteiger partial charge in [0.1, 0.15) is 6.10 Å². The van der Waals surface area contributed by atoms with Crippen LogP contribution >= 0.6 is 0 Å². The molecule has 0 aromatic heterocycles. The zero-order chi connectivity index (χ0) is 3.70. The van der Waals surface area contributed by atoms with Crippen LogP contribution in [-0.2, 0) is 4.74 Å². The third-order valence-corrected chi connectivity index (χ3v) is 0.606. The Labute approximate surface area is 56.7 Å². The summed E-state index contributed by atoms with van der Waals surface area (Å²) < 4.78 is 4.61. The second-order valence-corrected chi connectivity index (χ2v) is 1.14. The first-order valence-electron chi connectivity index (χ1n) is 1.66. The third-order valence-electron chi connectivity index (χ3n) is 0.606. The van der Waals surface area contributed by atoms with Crippen LogP contribution in [0.5, 0.6) is 0 Å². The summed E-state index contributed by atoms with van der Waals surface area (Å²) in [6.45, 7) is 0.955. The fraction of sp³-hybridized carbons (Fsp3) is 1.00. The van der Waals surface area contributed by atoms with Crippen LogP contribution < -0.4 is 0 Å². The third kappa shape index (κ3) is 2.09. The van der Waals surface area contributed by atoms with Crippen LogP contribution in [0.3, 0.4) is 0 Å². The normalized spacial score (nSPS) is 28.5. The summed E-state index contributed by atoms with van der Waals surface area (Å²) in [5, 5.41) is 8.08. The standard InChI is InChI=1S/C3H6O2.Pb.2H/c4-1-3-2-5-3;;;/h3-4H,1-2H2;;;. The van der Waals surface area contributed by atoms with E-state index < -0.39 is 0 Å². The molecule has 1 heterocycles. The first-order valence-corrected chi connectivity index (χ1v) is 1.66. The van der Waals surface area contributed by atoms with E-state index in [9.17, 15) is 0 Å². The Morgan fingerprint density at radius 2 is 2.33 bits per heavy atom. The van der Waals surface area contributed by atoms with E-state index >= 15 is 0 Å². The predicted octanol–water partition coefficient (Wildman–Crippen LogP) is -1.54. The van der Waals surface area contributed by atoms with E-state index in [0.29, 0.717) is 0 Å². The summed E-state index contributed by atoms with van der Waals surface area (Å²) in [5.74, 6) is 0. The number of rotatable bonds is 1. The first-order chi connectivity index (χ1) is 2.43. The molecule has 1 atom stereocenters. The predicted molar refractivity (Wildman–Crippen MR) is 25.4 cm³/mol. The van der Waals surface area contributed by atoms with Gasteiger partial charge < -0.3 is 9.84 Å². The van der Waals surface area contributed by atoms with E-state index in [1.165, 1.54) is 0 Å². The van der Waals surface area contributed by atoms with Crippen molar-refractivity contribution in [2.24, 2.45) is 0 Å². The number of epoxide rings is 1. The van der Waals surface area contributed by atoms with Crippen molar-refractivity contribution in [1.29, 1.82) is 0 Å². The number of hydrogen-bond acceptors (Lipinski definition) is 2. The van der Waals surface area contributed by atoms with Crippen LogP contribution in [-0.4, -0.2) is 51.7 Å². The molecule has 0 spiro atoms. The van der Waals surface area contributed by atoms with Crippen LogP contribution in [0.4, 0.5) is 0 Å². The maximum absolute atomic E-state index is 8.08. The van der Waals surface area contributed by atoms with Crippen LogP contribution in [0.2, 0.25) is 0 Å². The summed E-state index contributed by atoms with van der Waals surface area (Å²) in [7, 11) is 0. The molecule has 1 aliphatic rings. The molecule has 0 bridgehead atoms. The van der Waals surface area contributed by atoms with Gasteiger partial charge in [-0.15, -0.1) is 0 Å². The molecule has 2 nitrogen and oxygen atoms in total. The molecule has 1 saturated heterocycles. The van der Waals surface area contributed by atoms with E-state index in [0.717, 1.165) is 6.61 Å². The molecule has 3 heteroatoms. The Hall–Kier alpha value is 0.842.